The lowest BCUT2D eigenvalue weighted by Gasteiger charge is -2.26. The molecule has 1 saturated heterocycles. The van der Waals surface area contributed by atoms with Crippen LogP contribution >= 0.6 is 0 Å². The van der Waals surface area contributed by atoms with Gasteiger partial charge in [0.15, 0.2) is 5.82 Å². The quantitative estimate of drug-likeness (QED) is 0.662. The Morgan fingerprint density at radius 1 is 1.17 bits per heavy atom. The molecule has 5 rings (SSSR count). The molecular weight excluding hydrogens is 373 g/mol. The smallest absolute Gasteiger partial charge is 0.255 e. The molecule has 1 aliphatic heterocycles. The summed E-state index contributed by atoms with van der Waals surface area (Å²) in [4.78, 5) is 33.8. The van der Waals surface area contributed by atoms with Crippen LogP contribution < -0.4 is 15.4 Å². The van der Waals surface area contributed by atoms with Crippen LogP contribution in [0.4, 0.5) is 16.3 Å². The number of hydrogen-bond acceptors (Lipinski definition) is 7. The molecule has 0 radical (unpaired) electrons. The van der Waals surface area contributed by atoms with Gasteiger partial charge in [0.05, 0.1) is 11.9 Å². The monoisotopic (exact) mass is 393 g/mol. The van der Waals surface area contributed by atoms with E-state index in [4.69, 9.17) is 0 Å². The number of fused-ring (bicyclic) bond motifs is 1. The summed E-state index contributed by atoms with van der Waals surface area (Å²) in [5.41, 5.74) is 0.369. The van der Waals surface area contributed by atoms with Crippen molar-refractivity contribution >= 4 is 11.9 Å². The van der Waals surface area contributed by atoms with E-state index >= 15 is 0 Å². The molecule has 3 aromatic heterocycles. The Kier molecular flexibility index (Phi) is 4.04. The Bertz CT molecular complexity index is 1110. The third kappa shape index (κ3) is 2.93. The summed E-state index contributed by atoms with van der Waals surface area (Å²) >= 11 is 0. The van der Waals surface area contributed by atoms with Gasteiger partial charge >= 0.3 is 0 Å². The average Bonchev–Trinajstić information content (AvgIpc) is 3.23. The van der Waals surface area contributed by atoms with Gasteiger partial charge in [-0.25, -0.2) is 19.3 Å². The summed E-state index contributed by atoms with van der Waals surface area (Å²) in [6.07, 6.45) is 6.12. The van der Waals surface area contributed by atoms with Crippen LogP contribution in [-0.2, 0) is 7.05 Å². The molecule has 3 aromatic rings. The molecule has 29 heavy (non-hydrogen) atoms. The molecule has 0 spiro atoms. The lowest BCUT2D eigenvalue weighted by atomic mass is 10.2. The molecule has 0 bridgehead atoms. The normalized spacial score (nSPS) is 22.4. The second kappa shape index (κ2) is 6.61. The van der Waals surface area contributed by atoms with Crippen molar-refractivity contribution in [1.29, 1.82) is 0 Å². The minimum Gasteiger partial charge on any atom is -0.342 e. The third-order valence-corrected chi connectivity index (χ3v) is 5.91. The van der Waals surface area contributed by atoms with Gasteiger partial charge in [0.1, 0.15) is 0 Å². The first kappa shape index (κ1) is 17.7. The predicted octanol–water partition coefficient (Wildman–Crippen LogP) is 1.34. The van der Waals surface area contributed by atoms with E-state index in [1.54, 1.807) is 19.4 Å². The minimum atomic E-state index is -0.497. The number of anilines is 2. The number of aromatic nitrogens is 5. The topological polar surface area (TPSA) is 80.0 Å². The second-order valence-electron chi connectivity index (χ2n) is 7.58. The summed E-state index contributed by atoms with van der Waals surface area (Å²) in [6, 6.07) is 4.98. The summed E-state index contributed by atoms with van der Waals surface area (Å²) in [5, 5.41) is 0. The summed E-state index contributed by atoms with van der Waals surface area (Å²) < 4.78 is 15.7. The van der Waals surface area contributed by atoms with E-state index in [-0.39, 0.29) is 17.2 Å². The highest BCUT2D eigenvalue weighted by atomic mass is 19.1. The van der Waals surface area contributed by atoms with Crippen molar-refractivity contribution in [3.8, 4) is 11.3 Å². The number of halogens is 1. The van der Waals surface area contributed by atoms with Gasteiger partial charge in [0.25, 0.3) is 5.56 Å². The highest BCUT2D eigenvalue weighted by Gasteiger charge is 2.58. The number of piperidine rings is 1. The molecule has 1 aliphatic carbocycles. The molecule has 0 unspecified atom stereocenters. The molecule has 3 atom stereocenters. The Morgan fingerprint density at radius 2 is 1.90 bits per heavy atom. The summed E-state index contributed by atoms with van der Waals surface area (Å²) in [7, 11) is 3.64. The molecule has 2 aliphatic rings. The zero-order valence-corrected chi connectivity index (χ0v) is 16.1. The zero-order valence-electron chi connectivity index (χ0n) is 16.1. The molecule has 0 amide bonds. The number of rotatable bonds is 4. The first-order valence-electron chi connectivity index (χ1n) is 9.47. The van der Waals surface area contributed by atoms with Gasteiger partial charge in [-0.1, -0.05) is 0 Å². The van der Waals surface area contributed by atoms with E-state index in [0.29, 0.717) is 23.5 Å². The second-order valence-corrected chi connectivity index (χ2v) is 7.58. The Balaban J connectivity index is 1.40. The van der Waals surface area contributed by atoms with E-state index in [9.17, 15) is 9.18 Å². The van der Waals surface area contributed by atoms with Crippen molar-refractivity contribution in [1.82, 2.24) is 24.5 Å². The molecule has 0 N–H and O–H groups in total. The van der Waals surface area contributed by atoms with Gasteiger partial charge in [0, 0.05) is 75.3 Å². The van der Waals surface area contributed by atoms with Crippen LogP contribution in [0.5, 0.6) is 0 Å². The maximum absolute atomic E-state index is 14.2. The first-order chi connectivity index (χ1) is 14.0. The van der Waals surface area contributed by atoms with E-state index in [2.05, 4.69) is 24.8 Å². The Labute approximate surface area is 166 Å². The van der Waals surface area contributed by atoms with Crippen LogP contribution in [-0.4, -0.2) is 50.7 Å². The SMILES string of the molecule is CN(c1nc(-c2ccncc2F)cc(=O)n1C)[C@H]1[C@@H]2CN(c3ncccn3)C[C@@H]21. The van der Waals surface area contributed by atoms with Crippen molar-refractivity contribution in [3.05, 3.63) is 59.2 Å². The minimum absolute atomic E-state index is 0.224. The van der Waals surface area contributed by atoms with Crippen molar-refractivity contribution in [2.75, 3.05) is 29.9 Å². The summed E-state index contributed by atoms with van der Waals surface area (Å²) in [6.45, 7) is 1.74. The van der Waals surface area contributed by atoms with Crippen LogP contribution in [0, 0.1) is 17.7 Å². The van der Waals surface area contributed by atoms with Crippen LogP contribution in [0.3, 0.4) is 0 Å². The predicted molar refractivity (Wildman–Crippen MR) is 106 cm³/mol. The van der Waals surface area contributed by atoms with Crippen LogP contribution in [0.15, 0.2) is 47.8 Å². The highest BCUT2D eigenvalue weighted by molar-refractivity contribution is 5.60. The molecular formula is C20H20FN7O. The molecule has 1 saturated carbocycles. The standard InChI is InChI=1S/C20H20FN7O/c1-26-17(29)8-16(12-4-7-22-9-15(12)21)25-20(26)27(2)18-13-10-28(11-14(13)18)19-23-5-3-6-24-19/h3-9,13-14,18H,10-11H2,1-2H3/t13-,14+,18+. The van der Waals surface area contributed by atoms with Gasteiger partial charge < -0.3 is 9.80 Å². The van der Waals surface area contributed by atoms with Gasteiger partial charge in [-0.15, -0.1) is 0 Å². The van der Waals surface area contributed by atoms with E-state index in [1.165, 1.54) is 22.9 Å². The van der Waals surface area contributed by atoms with E-state index in [1.807, 2.05) is 18.0 Å². The average molecular weight is 393 g/mol. The molecule has 9 heteroatoms. The number of hydrogen-bond donors (Lipinski definition) is 0. The van der Waals surface area contributed by atoms with E-state index < -0.39 is 5.82 Å². The van der Waals surface area contributed by atoms with Gasteiger partial charge in [-0.3, -0.25) is 14.3 Å². The molecule has 148 valence electrons. The Hall–Kier alpha value is -3.36. The zero-order chi connectivity index (χ0) is 20.1. The molecule has 2 fully saturated rings. The fourth-order valence-corrected chi connectivity index (χ4v) is 4.38. The first-order valence-corrected chi connectivity index (χ1v) is 9.47. The van der Waals surface area contributed by atoms with Crippen molar-refractivity contribution in [2.24, 2.45) is 18.9 Å². The van der Waals surface area contributed by atoms with Crippen molar-refractivity contribution < 1.29 is 4.39 Å². The van der Waals surface area contributed by atoms with Crippen LogP contribution in [0.2, 0.25) is 0 Å². The maximum atomic E-state index is 14.2. The number of pyridine rings is 1. The van der Waals surface area contributed by atoms with Crippen LogP contribution in [0.25, 0.3) is 11.3 Å². The molecule has 0 aromatic carbocycles. The van der Waals surface area contributed by atoms with E-state index in [0.717, 1.165) is 25.2 Å². The van der Waals surface area contributed by atoms with Gasteiger partial charge in [0.2, 0.25) is 11.9 Å². The van der Waals surface area contributed by atoms with Crippen molar-refractivity contribution in [2.45, 2.75) is 6.04 Å². The Morgan fingerprint density at radius 3 is 2.59 bits per heavy atom. The molecule has 4 heterocycles. The number of nitrogens with zero attached hydrogens (tertiary/aromatic N) is 7. The lowest BCUT2D eigenvalue weighted by Crippen LogP contribution is -2.36. The van der Waals surface area contributed by atoms with Gasteiger partial charge in [-0.05, 0) is 12.1 Å². The molecule has 8 nitrogen and oxygen atoms in total. The van der Waals surface area contributed by atoms with Crippen molar-refractivity contribution in [3.63, 3.8) is 0 Å². The fraction of sp³-hybridized carbons (Fsp3) is 0.350. The van der Waals surface area contributed by atoms with Gasteiger partial charge in [-0.2, -0.15) is 0 Å². The highest BCUT2D eigenvalue weighted by Crippen LogP contribution is 2.49. The maximum Gasteiger partial charge on any atom is 0.255 e. The summed E-state index contributed by atoms with van der Waals surface area (Å²) in [5.74, 6) is 1.71. The fourth-order valence-electron chi connectivity index (χ4n) is 4.38. The lowest BCUT2D eigenvalue weighted by molar-refractivity contribution is 0.623. The largest absolute Gasteiger partial charge is 0.342 e. The third-order valence-electron chi connectivity index (χ3n) is 5.91. The van der Waals surface area contributed by atoms with Crippen LogP contribution in [0.1, 0.15) is 0 Å².